The molecular weight excluding hydrogens is 254 g/mol. The molecule has 0 heterocycles. The van der Waals surface area contributed by atoms with Crippen LogP contribution in [0.2, 0.25) is 0 Å². The van der Waals surface area contributed by atoms with Gasteiger partial charge in [-0.15, -0.1) is 0 Å². The highest BCUT2D eigenvalue weighted by Gasteiger charge is 2.39. The van der Waals surface area contributed by atoms with Crippen molar-refractivity contribution >= 4 is 0 Å². The summed E-state index contributed by atoms with van der Waals surface area (Å²) in [7, 11) is 0. The first kappa shape index (κ1) is 17.3. The van der Waals surface area contributed by atoms with Crippen LogP contribution in [0.3, 0.4) is 0 Å². The van der Waals surface area contributed by atoms with Gasteiger partial charge in [0.2, 0.25) is 0 Å². The van der Waals surface area contributed by atoms with Crippen molar-refractivity contribution in [1.82, 2.24) is 0 Å². The van der Waals surface area contributed by atoms with E-state index in [0.717, 1.165) is 29.6 Å². The van der Waals surface area contributed by atoms with Gasteiger partial charge in [0.05, 0.1) is 0 Å². The first-order valence-corrected chi connectivity index (χ1v) is 9.87. The van der Waals surface area contributed by atoms with Gasteiger partial charge >= 0.3 is 0 Å². The van der Waals surface area contributed by atoms with Gasteiger partial charge in [0, 0.05) is 6.04 Å². The molecule has 2 rings (SSSR count). The summed E-state index contributed by atoms with van der Waals surface area (Å²) in [6.45, 7) is 7.29. The molecule has 1 nitrogen and oxygen atoms in total. The van der Waals surface area contributed by atoms with Gasteiger partial charge in [-0.25, -0.2) is 0 Å². The van der Waals surface area contributed by atoms with Crippen LogP contribution < -0.4 is 5.73 Å². The minimum Gasteiger partial charge on any atom is -0.328 e. The molecule has 0 radical (unpaired) electrons. The van der Waals surface area contributed by atoms with Crippen LogP contribution >= 0.6 is 0 Å². The van der Waals surface area contributed by atoms with Gasteiger partial charge in [0.25, 0.3) is 0 Å². The Morgan fingerprint density at radius 2 is 1.71 bits per heavy atom. The molecule has 0 aromatic rings. The monoisotopic (exact) mass is 293 g/mol. The van der Waals surface area contributed by atoms with Crippen molar-refractivity contribution in [3.05, 3.63) is 0 Å². The Bertz CT molecular complexity index is 288. The lowest BCUT2D eigenvalue weighted by atomic mass is 9.79. The van der Waals surface area contributed by atoms with Crippen LogP contribution in [0.25, 0.3) is 0 Å². The highest BCUT2D eigenvalue weighted by molar-refractivity contribution is 4.89. The van der Waals surface area contributed by atoms with Crippen molar-refractivity contribution < 1.29 is 0 Å². The highest BCUT2D eigenvalue weighted by atomic mass is 14.6. The smallest absolute Gasteiger partial charge is 0.00388 e. The van der Waals surface area contributed by atoms with E-state index < -0.39 is 0 Å². The maximum atomic E-state index is 6.26. The first-order valence-electron chi connectivity index (χ1n) is 9.87. The largest absolute Gasteiger partial charge is 0.328 e. The predicted octanol–water partition coefficient (Wildman–Crippen LogP) is 5.77. The summed E-state index contributed by atoms with van der Waals surface area (Å²) in [5, 5.41) is 0. The van der Waals surface area contributed by atoms with Crippen molar-refractivity contribution in [2.45, 2.75) is 97.4 Å². The van der Waals surface area contributed by atoms with Crippen LogP contribution in [-0.4, -0.2) is 6.04 Å². The molecule has 0 aliphatic heterocycles. The van der Waals surface area contributed by atoms with Crippen LogP contribution in [0.1, 0.15) is 91.4 Å². The van der Waals surface area contributed by atoms with E-state index in [0.29, 0.717) is 6.04 Å². The van der Waals surface area contributed by atoms with E-state index in [4.69, 9.17) is 5.73 Å². The van der Waals surface area contributed by atoms with Crippen molar-refractivity contribution in [2.75, 3.05) is 0 Å². The Hall–Kier alpha value is -0.0400. The lowest BCUT2D eigenvalue weighted by Crippen LogP contribution is -2.22. The molecule has 6 unspecified atom stereocenters. The van der Waals surface area contributed by atoms with Crippen molar-refractivity contribution in [1.29, 1.82) is 0 Å². The molecule has 2 aliphatic rings. The predicted molar refractivity (Wildman–Crippen MR) is 93.2 cm³/mol. The number of hydrogen-bond donors (Lipinski definition) is 1. The Kier molecular flexibility index (Phi) is 7.05. The zero-order chi connectivity index (χ0) is 15.2. The van der Waals surface area contributed by atoms with Gasteiger partial charge in [0.1, 0.15) is 0 Å². The fourth-order valence-electron chi connectivity index (χ4n) is 5.29. The van der Waals surface area contributed by atoms with Gasteiger partial charge in [-0.1, -0.05) is 59.3 Å². The average molecular weight is 294 g/mol. The van der Waals surface area contributed by atoms with Gasteiger partial charge in [-0.3, -0.25) is 0 Å². The summed E-state index contributed by atoms with van der Waals surface area (Å²) in [6.07, 6.45) is 15.5. The molecule has 0 amide bonds. The van der Waals surface area contributed by atoms with Crippen molar-refractivity contribution in [3.8, 4) is 0 Å². The Morgan fingerprint density at radius 1 is 1.00 bits per heavy atom. The molecule has 2 aliphatic carbocycles. The number of rotatable bonds is 5. The maximum Gasteiger partial charge on any atom is 0.00388 e. The molecule has 21 heavy (non-hydrogen) atoms. The molecule has 0 aromatic heterocycles. The lowest BCUT2D eigenvalue weighted by molar-refractivity contribution is 0.242. The first-order chi connectivity index (χ1) is 10.1. The summed E-state index contributed by atoms with van der Waals surface area (Å²) >= 11 is 0. The van der Waals surface area contributed by atoms with Gasteiger partial charge < -0.3 is 5.73 Å². The zero-order valence-corrected chi connectivity index (χ0v) is 14.8. The molecule has 2 N–H and O–H groups in total. The SMILES string of the molecule is CCCC(N)CCC1CC2CCCC(C)CCCC1C2C. The second-order valence-corrected chi connectivity index (χ2v) is 8.37. The molecule has 1 heteroatoms. The maximum absolute atomic E-state index is 6.26. The molecule has 124 valence electrons. The third-order valence-electron chi connectivity index (χ3n) is 6.70. The summed E-state index contributed by atoms with van der Waals surface area (Å²) in [5.41, 5.74) is 6.26. The van der Waals surface area contributed by atoms with Crippen LogP contribution in [0.5, 0.6) is 0 Å². The molecule has 0 spiro atoms. The third-order valence-corrected chi connectivity index (χ3v) is 6.70. The van der Waals surface area contributed by atoms with Crippen LogP contribution in [0, 0.1) is 29.6 Å². The normalized spacial score (nSPS) is 39.1. The summed E-state index contributed by atoms with van der Waals surface area (Å²) < 4.78 is 0. The summed E-state index contributed by atoms with van der Waals surface area (Å²) in [5.74, 6) is 4.96. The van der Waals surface area contributed by atoms with E-state index in [2.05, 4.69) is 20.8 Å². The Labute approximate surface area is 133 Å². The van der Waals surface area contributed by atoms with Gasteiger partial charge in [-0.05, 0) is 61.7 Å². The summed E-state index contributed by atoms with van der Waals surface area (Å²) in [4.78, 5) is 0. The second-order valence-electron chi connectivity index (χ2n) is 8.37. The van der Waals surface area contributed by atoms with Crippen LogP contribution in [0.4, 0.5) is 0 Å². The molecular formula is C20H39N. The second kappa shape index (κ2) is 8.56. The zero-order valence-electron chi connectivity index (χ0n) is 14.8. The molecule has 6 atom stereocenters. The van der Waals surface area contributed by atoms with Crippen molar-refractivity contribution in [2.24, 2.45) is 35.3 Å². The molecule has 2 bridgehead atoms. The van der Waals surface area contributed by atoms with E-state index >= 15 is 0 Å². The number of hydrogen-bond acceptors (Lipinski definition) is 1. The minimum atomic E-state index is 0.459. The minimum absolute atomic E-state index is 0.459. The van der Waals surface area contributed by atoms with E-state index in [-0.39, 0.29) is 0 Å². The van der Waals surface area contributed by atoms with Crippen LogP contribution in [-0.2, 0) is 0 Å². The average Bonchev–Trinajstić information content (AvgIpc) is 2.72. The van der Waals surface area contributed by atoms with Gasteiger partial charge in [-0.2, -0.15) is 0 Å². The quantitative estimate of drug-likeness (QED) is 0.684. The van der Waals surface area contributed by atoms with E-state index in [1.54, 1.807) is 0 Å². The molecule has 2 fully saturated rings. The van der Waals surface area contributed by atoms with E-state index in [9.17, 15) is 0 Å². The number of nitrogens with two attached hydrogens (primary N) is 1. The standard InChI is InChI=1S/C20H39N/c1-4-7-19(21)13-12-18-14-17-10-5-8-15(2)9-6-11-20(18)16(17)3/h15-20H,4-14,21H2,1-3H3. The van der Waals surface area contributed by atoms with E-state index in [1.807, 2.05) is 0 Å². The molecule has 0 saturated heterocycles. The fourth-order valence-corrected chi connectivity index (χ4v) is 5.29. The third kappa shape index (κ3) is 4.98. The van der Waals surface area contributed by atoms with Crippen molar-refractivity contribution in [3.63, 3.8) is 0 Å². The topological polar surface area (TPSA) is 26.0 Å². The molecule has 2 saturated carbocycles. The lowest BCUT2D eigenvalue weighted by Gasteiger charge is -2.26. The fraction of sp³-hybridized carbons (Fsp3) is 1.00. The Morgan fingerprint density at radius 3 is 2.43 bits per heavy atom. The number of fused-ring (bicyclic) bond motifs is 2. The van der Waals surface area contributed by atoms with Gasteiger partial charge in [0.15, 0.2) is 0 Å². The Balaban J connectivity index is 1.89. The molecule has 0 aromatic carbocycles. The highest BCUT2D eigenvalue weighted by Crippen LogP contribution is 2.48. The van der Waals surface area contributed by atoms with Crippen LogP contribution in [0.15, 0.2) is 0 Å². The van der Waals surface area contributed by atoms with E-state index in [1.165, 1.54) is 70.6 Å². The summed E-state index contributed by atoms with van der Waals surface area (Å²) in [6, 6.07) is 0.459.